The summed E-state index contributed by atoms with van der Waals surface area (Å²) in [6.07, 6.45) is 4.62. The van der Waals surface area contributed by atoms with Crippen molar-refractivity contribution in [1.29, 1.82) is 0 Å². The zero-order valence-corrected chi connectivity index (χ0v) is 17.9. The summed E-state index contributed by atoms with van der Waals surface area (Å²) in [7, 11) is -3.48. The van der Waals surface area contributed by atoms with Gasteiger partial charge in [0, 0.05) is 31.4 Å². The van der Waals surface area contributed by atoms with Crippen LogP contribution in [-0.4, -0.2) is 48.4 Å². The van der Waals surface area contributed by atoms with E-state index >= 15 is 0 Å². The molecule has 1 atom stereocenters. The third kappa shape index (κ3) is 4.56. The SMILES string of the molecule is CCC1CCCCN1C(=S)Nc1cc(S(=O)(=O)N(CC)CC)ccc1C. The van der Waals surface area contributed by atoms with Crippen LogP contribution in [-0.2, 0) is 10.0 Å². The molecule has 26 heavy (non-hydrogen) atoms. The Kier molecular flexibility index (Phi) is 7.43. The first-order valence-electron chi connectivity index (χ1n) is 9.53. The summed E-state index contributed by atoms with van der Waals surface area (Å²) in [5.74, 6) is 0. The number of likely N-dealkylation sites (tertiary alicyclic amines) is 1. The molecule has 146 valence electrons. The van der Waals surface area contributed by atoms with Crippen molar-refractivity contribution in [2.24, 2.45) is 0 Å². The van der Waals surface area contributed by atoms with Crippen molar-refractivity contribution in [1.82, 2.24) is 9.21 Å². The monoisotopic (exact) mass is 397 g/mol. The maximum absolute atomic E-state index is 12.8. The number of sulfonamides is 1. The van der Waals surface area contributed by atoms with Crippen molar-refractivity contribution in [2.45, 2.75) is 64.3 Å². The van der Waals surface area contributed by atoms with E-state index < -0.39 is 10.0 Å². The highest BCUT2D eigenvalue weighted by Gasteiger charge is 2.25. The molecule has 5 nitrogen and oxygen atoms in total. The number of anilines is 1. The highest BCUT2D eigenvalue weighted by molar-refractivity contribution is 7.89. The van der Waals surface area contributed by atoms with Gasteiger partial charge < -0.3 is 10.2 Å². The topological polar surface area (TPSA) is 52.7 Å². The van der Waals surface area contributed by atoms with Gasteiger partial charge in [0.2, 0.25) is 10.0 Å². The summed E-state index contributed by atoms with van der Waals surface area (Å²) in [4.78, 5) is 2.56. The normalized spacial score (nSPS) is 18.2. The second kappa shape index (κ2) is 9.15. The molecule has 0 amide bonds. The molecular weight excluding hydrogens is 366 g/mol. The molecule has 0 aromatic heterocycles. The summed E-state index contributed by atoms with van der Waals surface area (Å²) in [5.41, 5.74) is 1.75. The van der Waals surface area contributed by atoms with Gasteiger partial charge in [-0.2, -0.15) is 4.31 Å². The second-order valence-electron chi connectivity index (χ2n) is 6.75. The first-order chi connectivity index (χ1) is 12.3. The molecule has 1 aromatic rings. The predicted molar refractivity (Wildman–Crippen MR) is 112 cm³/mol. The molecule has 1 fully saturated rings. The Balaban J connectivity index is 2.26. The predicted octanol–water partition coefficient (Wildman–Crippen LogP) is 3.99. The molecule has 1 aliphatic rings. The Morgan fingerprint density at radius 2 is 1.96 bits per heavy atom. The third-order valence-corrected chi connectivity index (χ3v) is 7.54. The molecule has 0 aliphatic carbocycles. The summed E-state index contributed by atoms with van der Waals surface area (Å²) in [5, 5.41) is 4.00. The van der Waals surface area contributed by atoms with Gasteiger partial charge in [0.1, 0.15) is 0 Å². The van der Waals surface area contributed by atoms with Crippen LogP contribution in [0.1, 0.15) is 52.0 Å². The van der Waals surface area contributed by atoms with E-state index in [2.05, 4.69) is 17.1 Å². The van der Waals surface area contributed by atoms with Crippen molar-refractivity contribution in [3.05, 3.63) is 23.8 Å². The second-order valence-corrected chi connectivity index (χ2v) is 9.07. The Morgan fingerprint density at radius 1 is 1.27 bits per heavy atom. The minimum atomic E-state index is -3.48. The van der Waals surface area contributed by atoms with Crippen LogP contribution in [0.3, 0.4) is 0 Å². The van der Waals surface area contributed by atoms with E-state index in [1.54, 1.807) is 12.1 Å². The van der Waals surface area contributed by atoms with E-state index in [-0.39, 0.29) is 0 Å². The largest absolute Gasteiger partial charge is 0.346 e. The van der Waals surface area contributed by atoms with Gasteiger partial charge in [-0.3, -0.25) is 0 Å². The summed E-state index contributed by atoms with van der Waals surface area (Å²) >= 11 is 5.65. The van der Waals surface area contributed by atoms with Crippen LogP contribution in [0.4, 0.5) is 5.69 Å². The molecule has 2 rings (SSSR count). The Labute approximate surface area is 163 Å². The minimum Gasteiger partial charge on any atom is -0.346 e. The first kappa shape index (κ1) is 21.1. The van der Waals surface area contributed by atoms with Gasteiger partial charge in [-0.05, 0) is 62.5 Å². The number of hydrogen-bond acceptors (Lipinski definition) is 3. The smallest absolute Gasteiger partial charge is 0.243 e. The fraction of sp³-hybridized carbons (Fsp3) is 0.632. The fourth-order valence-corrected chi connectivity index (χ4v) is 5.32. The van der Waals surface area contributed by atoms with Crippen LogP contribution in [0.25, 0.3) is 0 Å². The lowest BCUT2D eigenvalue weighted by Crippen LogP contribution is -2.45. The highest BCUT2D eigenvalue weighted by atomic mass is 32.2. The van der Waals surface area contributed by atoms with E-state index in [0.717, 1.165) is 37.1 Å². The maximum Gasteiger partial charge on any atom is 0.243 e. The Hall–Kier alpha value is -1.18. The lowest BCUT2D eigenvalue weighted by atomic mass is 10.0. The van der Waals surface area contributed by atoms with E-state index in [0.29, 0.717) is 29.1 Å². The molecule has 1 N–H and O–H groups in total. The fourth-order valence-electron chi connectivity index (χ4n) is 3.49. The van der Waals surface area contributed by atoms with Gasteiger partial charge in [0.25, 0.3) is 0 Å². The minimum absolute atomic E-state index is 0.308. The molecule has 1 aliphatic heterocycles. The van der Waals surface area contributed by atoms with Gasteiger partial charge >= 0.3 is 0 Å². The highest BCUT2D eigenvalue weighted by Crippen LogP contribution is 2.25. The average Bonchev–Trinajstić information content (AvgIpc) is 2.64. The number of hydrogen-bond donors (Lipinski definition) is 1. The van der Waals surface area contributed by atoms with Crippen LogP contribution < -0.4 is 5.32 Å². The first-order valence-corrected chi connectivity index (χ1v) is 11.4. The third-order valence-electron chi connectivity index (χ3n) is 5.15. The molecular formula is C19H31N3O2S2. The molecule has 1 heterocycles. The number of aryl methyl sites for hydroxylation is 1. The Bertz CT molecular complexity index is 730. The van der Waals surface area contributed by atoms with Crippen molar-refractivity contribution in [3.63, 3.8) is 0 Å². The van der Waals surface area contributed by atoms with E-state index in [1.165, 1.54) is 10.7 Å². The van der Waals surface area contributed by atoms with Crippen LogP contribution in [0, 0.1) is 6.92 Å². The van der Waals surface area contributed by atoms with E-state index in [4.69, 9.17) is 12.2 Å². The van der Waals surface area contributed by atoms with Crippen molar-refractivity contribution in [2.75, 3.05) is 25.0 Å². The number of piperidine rings is 1. The van der Waals surface area contributed by atoms with Crippen molar-refractivity contribution in [3.8, 4) is 0 Å². The van der Waals surface area contributed by atoms with Gasteiger partial charge in [-0.15, -0.1) is 0 Å². The molecule has 0 bridgehead atoms. The standard InChI is InChI=1S/C19H31N3O2S2/c1-5-16-10-8-9-13-22(16)19(25)20-18-14-17(12-11-15(18)4)26(23,24)21(6-2)7-3/h11-12,14,16H,5-10,13H2,1-4H3,(H,20,25). The molecule has 1 unspecified atom stereocenters. The van der Waals surface area contributed by atoms with Gasteiger partial charge in [0.15, 0.2) is 5.11 Å². The molecule has 0 saturated carbocycles. The summed E-state index contributed by atoms with van der Waals surface area (Å²) in [6.45, 7) is 9.73. The van der Waals surface area contributed by atoms with Crippen LogP contribution in [0.2, 0.25) is 0 Å². The van der Waals surface area contributed by atoms with E-state index in [9.17, 15) is 8.42 Å². The number of rotatable bonds is 6. The van der Waals surface area contributed by atoms with Gasteiger partial charge in [0.05, 0.1) is 4.90 Å². The number of nitrogens with zero attached hydrogens (tertiary/aromatic N) is 2. The van der Waals surface area contributed by atoms with Crippen molar-refractivity contribution < 1.29 is 8.42 Å². The zero-order chi connectivity index (χ0) is 19.3. The van der Waals surface area contributed by atoms with Gasteiger partial charge in [-0.25, -0.2) is 8.42 Å². The molecule has 7 heteroatoms. The molecule has 0 radical (unpaired) electrons. The quantitative estimate of drug-likeness (QED) is 0.736. The van der Waals surface area contributed by atoms with Gasteiger partial charge in [-0.1, -0.05) is 26.8 Å². The number of thiocarbonyl (C=S) groups is 1. The zero-order valence-electron chi connectivity index (χ0n) is 16.3. The molecule has 1 saturated heterocycles. The number of nitrogens with one attached hydrogen (secondary N) is 1. The summed E-state index contributed by atoms with van der Waals surface area (Å²) in [6, 6.07) is 5.69. The molecule has 1 aromatic carbocycles. The van der Waals surface area contributed by atoms with Crippen LogP contribution in [0.5, 0.6) is 0 Å². The lowest BCUT2D eigenvalue weighted by molar-refractivity contribution is 0.239. The Morgan fingerprint density at radius 3 is 2.58 bits per heavy atom. The van der Waals surface area contributed by atoms with Crippen molar-refractivity contribution >= 4 is 33.0 Å². The maximum atomic E-state index is 12.8. The average molecular weight is 398 g/mol. The number of benzene rings is 1. The lowest BCUT2D eigenvalue weighted by Gasteiger charge is -2.37. The van der Waals surface area contributed by atoms with Crippen LogP contribution in [0.15, 0.2) is 23.1 Å². The van der Waals surface area contributed by atoms with E-state index in [1.807, 2.05) is 26.8 Å². The van der Waals surface area contributed by atoms with Crippen LogP contribution >= 0.6 is 12.2 Å². The molecule has 0 spiro atoms. The summed E-state index contributed by atoms with van der Waals surface area (Å²) < 4.78 is 27.1.